The quantitative estimate of drug-likeness (QED) is 0.943. The number of benzene rings is 1. The molecule has 1 aromatic heterocycles. The van der Waals surface area contributed by atoms with Crippen molar-refractivity contribution in [3.63, 3.8) is 0 Å². The van der Waals surface area contributed by atoms with Crippen LogP contribution in [0.4, 0.5) is 0 Å². The molecule has 0 saturated carbocycles. The second-order valence-corrected chi connectivity index (χ2v) is 5.89. The average molecular weight is 285 g/mol. The van der Waals surface area contributed by atoms with Gasteiger partial charge in [-0.3, -0.25) is 4.79 Å². The Labute approximate surface area is 125 Å². The van der Waals surface area contributed by atoms with Gasteiger partial charge in [0.05, 0.1) is 10.9 Å². The maximum atomic E-state index is 12.0. The lowest BCUT2D eigenvalue weighted by Gasteiger charge is -2.24. The van der Waals surface area contributed by atoms with Gasteiger partial charge >= 0.3 is 0 Å². The molecule has 0 radical (unpaired) electrons. The number of aromatic nitrogens is 2. The van der Waals surface area contributed by atoms with Crippen LogP contribution >= 0.6 is 0 Å². The lowest BCUT2D eigenvalue weighted by atomic mass is 10.1. The van der Waals surface area contributed by atoms with Gasteiger partial charge in [-0.15, -0.1) is 0 Å². The Hall–Kier alpha value is -1.68. The van der Waals surface area contributed by atoms with E-state index < -0.39 is 0 Å². The van der Waals surface area contributed by atoms with Gasteiger partial charge in [0.15, 0.2) is 0 Å². The zero-order valence-electron chi connectivity index (χ0n) is 12.5. The van der Waals surface area contributed by atoms with Crippen LogP contribution < -0.4 is 5.56 Å². The fourth-order valence-corrected chi connectivity index (χ4v) is 3.05. The summed E-state index contributed by atoms with van der Waals surface area (Å²) in [7, 11) is 0. The third-order valence-electron chi connectivity index (χ3n) is 4.28. The number of nitrogens with one attached hydrogen (secondary N) is 1. The standard InChI is InChI=1S/C17H23N3O/c21-17-14-8-4-5-9-15(14)18-16(19-17)10-13-20-11-6-2-1-3-7-12-20/h4-5,8-9H,1-3,6-7,10-13H2,(H,18,19,21). The molecule has 3 rings (SSSR count). The topological polar surface area (TPSA) is 49.0 Å². The summed E-state index contributed by atoms with van der Waals surface area (Å²) in [4.78, 5) is 22.1. The minimum atomic E-state index is -0.0248. The Bertz CT molecular complexity index is 642. The van der Waals surface area contributed by atoms with Crippen molar-refractivity contribution in [2.45, 2.75) is 38.5 Å². The van der Waals surface area contributed by atoms with Crippen LogP contribution in [-0.2, 0) is 6.42 Å². The minimum Gasteiger partial charge on any atom is -0.310 e. The SMILES string of the molecule is O=c1[nH]c(CCN2CCCCCCC2)nc2ccccc12. The number of hydrogen-bond acceptors (Lipinski definition) is 3. The Morgan fingerprint density at radius 3 is 2.57 bits per heavy atom. The van der Waals surface area contributed by atoms with Crippen molar-refractivity contribution in [3.8, 4) is 0 Å². The van der Waals surface area contributed by atoms with Crippen LogP contribution in [0.25, 0.3) is 10.9 Å². The first-order valence-electron chi connectivity index (χ1n) is 8.03. The van der Waals surface area contributed by atoms with Crippen molar-refractivity contribution < 1.29 is 0 Å². The molecule has 0 atom stereocenters. The third-order valence-corrected chi connectivity index (χ3v) is 4.28. The molecule has 0 unspecified atom stereocenters. The lowest BCUT2D eigenvalue weighted by Crippen LogP contribution is -2.30. The molecular weight excluding hydrogens is 262 g/mol. The Morgan fingerprint density at radius 1 is 1.05 bits per heavy atom. The van der Waals surface area contributed by atoms with Gasteiger partial charge in [0.2, 0.25) is 0 Å². The van der Waals surface area contributed by atoms with Gasteiger partial charge in [0.25, 0.3) is 5.56 Å². The van der Waals surface area contributed by atoms with Gasteiger partial charge in [-0.2, -0.15) is 0 Å². The molecule has 1 fully saturated rings. The highest BCUT2D eigenvalue weighted by Crippen LogP contribution is 2.11. The monoisotopic (exact) mass is 285 g/mol. The highest BCUT2D eigenvalue weighted by atomic mass is 16.1. The number of para-hydroxylation sites is 1. The summed E-state index contributed by atoms with van der Waals surface area (Å²) in [6.07, 6.45) is 7.49. The summed E-state index contributed by atoms with van der Waals surface area (Å²) in [5, 5.41) is 0.674. The number of H-pyrrole nitrogens is 1. The fraction of sp³-hybridized carbons (Fsp3) is 0.529. The third kappa shape index (κ3) is 3.70. The van der Waals surface area contributed by atoms with E-state index in [0.717, 1.165) is 24.3 Å². The molecule has 112 valence electrons. The van der Waals surface area contributed by atoms with Crippen LogP contribution in [0.5, 0.6) is 0 Å². The Balaban J connectivity index is 1.68. The van der Waals surface area contributed by atoms with E-state index in [4.69, 9.17) is 0 Å². The van der Waals surface area contributed by atoms with Gasteiger partial charge in [-0.25, -0.2) is 4.98 Å². The van der Waals surface area contributed by atoms with Crippen LogP contribution in [0.2, 0.25) is 0 Å². The van der Waals surface area contributed by atoms with Gasteiger partial charge in [-0.05, 0) is 38.1 Å². The van der Waals surface area contributed by atoms with Crippen molar-refractivity contribution in [2.24, 2.45) is 0 Å². The van der Waals surface area contributed by atoms with Crippen molar-refractivity contribution in [1.29, 1.82) is 0 Å². The fourth-order valence-electron chi connectivity index (χ4n) is 3.05. The molecule has 1 aliphatic heterocycles. The molecule has 1 aromatic carbocycles. The molecule has 1 aliphatic rings. The summed E-state index contributed by atoms with van der Waals surface area (Å²) < 4.78 is 0. The predicted molar refractivity (Wildman–Crippen MR) is 85.6 cm³/mol. The van der Waals surface area contributed by atoms with E-state index in [2.05, 4.69) is 14.9 Å². The first-order chi connectivity index (χ1) is 10.3. The molecule has 0 aliphatic carbocycles. The van der Waals surface area contributed by atoms with E-state index in [1.807, 2.05) is 24.3 Å². The van der Waals surface area contributed by atoms with Crippen LogP contribution in [0.15, 0.2) is 29.1 Å². The number of likely N-dealkylation sites (tertiary alicyclic amines) is 1. The van der Waals surface area contributed by atoms with E-state index in [-0.39, 0.29) is 5.56 Å². The van der Waals surface area contributed by atoms with Crippen molar-refractivity contribution in [1.82, 2.24) is 14.9 Å². The molecule has 1 N–H and O–H groups in total. The molecule has 0 bridgehead atoms. The van der Waals surface area contributed by atoms with E-state index in [1.165, 1.54) is 45.2 Å². The molecule has 0 amide bonds. The van der Waals surface area contributed by atoms with Gasteiger partial charge < -0.3 is 9.88 Å². The summed E-state index contributed by atoms with van der Waals surface area (Å²) in [6.45, 7) is 3.34. The van der Waals surface area contributed by atoms with E-state index >= 15 is 0 Å². The van der Waals surface area contributed by atoms with E-state index in [0.29, 0.717) is 5.39 Å². The molecule has 0 spiro atoms. The highest BCUT2D eigenvalue weighted by molar-refractivity contribution is 5.77. The zero-order valence-corrected chi connectivity index (χ0v) is 12.5. The molecular formula is C17H23N3O. The second kappa shape index (κ2) is 6.85. The molecule has 4 heteroatoms. The predicted octanol–water partition coefficient (Wildman–Crippen LogP) is 2.73. The summed E-state index contributed by atoms with van der Waals surface area (Å²) in [5.41, 5.74) is 0.771. The maximum Gasteiger partial charge on any atom is 0.258 e. The molecule has 21 heavy (non-hydrogen) atoms. The van der Waals surface area contributed by atoms with Crippen molar-refractivity contribution >= 4 is 10.9 Å². The van der Waals surface area contributed by atoms with Gasteiger partial charge in [0.1, 0.15) is 5.82 Å². The maximum absolute atomic E-state index is 12.0. The lowest BCUT2D eigenvalue weighted by molar-refractivity contribution is 0.249. The van der Waals surface area contributed by atoms with Crippen molar-refractivity contribution in [3.05, 3.63) is 40.4 Å². The van der Waals surface area contributed by atoms with Gasteiger partial charge in [0, 0.05) is 13.0 Å². The summed E-state index contributed by atoms with van der Waals surface area (Å²) in [6, 6.07) is 7.53. The normalized spacial score (nSPS) is 17.5. The highest BCUT2D eigenvalue weighted by Gasteiger charge is 2.09. The molecule has 2 heterocycles. The number of aromatic amines is 1. The first-order valence-corrected chi connectivity index (χ1v) is 8.03. The van der Waals surface area contributed by atoms with Crippen LogP contribution in [-0.4, -0.2) is 34.5 Å². The Kier molecular flexibility index (Phi) is 4.65. The van der Waals surface area contributed by atoms with Gasteiger partial charge in [-0.1, -0.05) is 31.4 Å². The summed E-state index contributed by atoms with van der Waals surface area (Å²) in [5.74, 6) is 0.806. The zero-order chi connectivity index (χ0) is 14.5. The minimum absolute atomic E-state index is 0.0248. The molecule has 2 aromatic rings. The number of hydrogen-bond donors (Lipinski definition) is 1. The smallest absolute Gasteiger partial charge is 0.258 e. The van der Waals surface area contributed by atoms with E-state index in [9.17, 15) is 4.79 Å². The number of rotatable bonds is 3. The Morgan fingerprint density at radius 2 is 1.76 bits per heavy atom. The summed E-state index contributed by atoms with van der Waals surface area (Å²) >= 11 is 0. The number of fused-ring (bicyclic) bond motifs is 1. The molecule has 1 saturated heterocycles. The second-order valence-electron chi connectivity index (χ2n) is 5.89. The van der Waals surface area contributed by atoms with Crippen LogP contribution in [0, 0.1) is 0 Å². The van der Waals surface area contributed by atoms with E-state index in [1.54, 1.807) is 0 Å². The van der Waals surface area contributed by atoms with Crippen LogP contribution in [0.1, 0.15) is 37.9 Å². The van der Waals surface area contributed by atoms with Crippen molar-refractivity contribution in [2.75, 3.05) is 19.6 Å². The number of nitrogens with zero attached hydrogens (tertiary/aromatic N) is 2. The average Bonchev–Trinajstić information content (AvgIpc) is 2.46. The first kappa shape index (κ1) is 14.3. The molecule has 4 nitrogen and oxygen atoms in total. The van der Waals surface area contributed by atoms with Crippen LogP contribution in [0.3, 0.4) is 0 Å². The largest absolute Gasteiger partial charge is 0.310 e.